The molecule has 0 spiro atoms. The summed E-state index contributed by atoms with van der Waals surface area (Å²) >= 11 is 1.40. The lowest BCUT2D eigenvalue weighted by Crippen LogP contribution is -2.28. The average Bonchev–Trinajstić information content (AvgIpc) is 3.20. The third-order valence-electron chi connectivity index (χ3n) is 4.50. The summed E-state index contributed by atoms with van der Waals surface area (Å²) in [4.78, 5) is 28.9. The zero-order valence-electron chi connectivity index (χ0n) is 15.8. The molecule has 0 radical (unpaired) electrons. The van der Waals surface area contributed by atoms with Crippen LogP contribution in [0.25, 0.3) is 16.6 Å². The van der Waals surface area contributed by atoms with Gasteiger partial charge in [0.15, 0.2) is 0 Å². The van der Waals surface area contributed by atoms with Gasteiger partial charge in [0.1, 0.15) is 10.8 Å². The minimum absolute atomic E-state index is 0.0125. The van der Waals surface area contributed by atoms with Crippen LogP contribution in [0.15, 0.2) is 60.0 Å². The summed E-state index contributed by atoms with van der Waals surface area (Å²) < 4.78 is 13.0. The van der Waals surface area contributed by atoms with Crippen molar-refractivity contribution in [2.75, 3.05) is 7.05 Å². The first-order chi connectivity index (χ1) is 13.8. The Morgan fingerprint density at radius 2 is 2.00 bits per heavy atom. The van der Waals surface area contributed by atoms with Gasteiger partial charge in [0, 0.05) is 36.2 Å². The molecule has 6 nitrogen and oxygen atoms in total. The number of carbonyl (C=O) groups is 1. The zero-order chi connectivity index (χ0) is 21.0. The van der Waals surface area contributed by atoms with E-state index in [1.54, 1.807) is 44.3 Å². The number of nitro groups is 1. The second-order valence-electron chi connectivity index (χ2n) is 6.39. The van der Waals surface area contributed by atoms with E-state index < -0.39 is 4.92 Å². The Morgan fingerprint density at radius 1 is 1.28 bits per heavy atom. The van der Waals surface area contributed by atoms with Crippen molar-refractivity contribution >= 4 is 29.0 Å². The molecule has 1 atom stereocenters. The molecule has 2 aromatic carbocycles. The fraction of sp³-hybridized carbons (Fsp3) is 0.143. The Hall–Kier alpha value is -3.39. The smallest absolute Gasteiger partial charge is 0.269 e. The first kappa shape index (κ1) is 20.3. The number of hydrogen-bond donors (Lipinski definition) is 0. The predicted molar refractivity (Wildman–Crippen MR) is 111 cm³/mol. The quantitative estimate of drug-likeness (QED) is 0.322. The van der Waals surface area contributed by atoms with Crippen molar-refractivity contribution in [3.63, 3.8) is 0 Å². The second kappa shape index (κ2) is 8.74. The third kappa shape index (κ3) is 4.91. The number of nitro benzene ring substituents is 1. The molecule has 1 unspecified atom stereocenters. The van der Waals surface area contributed by atoms with Gasteiger partial charge in [0.2, 0.25) is 5.91 Å². The summed E-state index contributed by atoms with van der Waals surface area (Å²) in [6, 6.07) is 12.0. The van der Waals surface area contributed by atoms with E-state index in [0.29, 0.717) is 11.3 Å². The van der Waals surface area contributed by atoms with Crippen molar-refractivity contribution in [2.45, 2.75) is 13.0 Å². The van der Waals surface area contributed by atoms with E-state index >= 15 is 0 Å². The minimum atomic E-state index is -0.459. The molecule has 1 amide bonds. The minimum Gasteiger partial charge on any atom is -0.335 e. The van der Waals surface area contributed by atoms with Crippen molar-refractivity contribution in [3.8, 4) is 10.6 Å². The van der Waals surface area contributed by atoms with Crippen molar-refractivity contribution in [1.82, 2.24) is 9.88 Å². The largest absolute Gasteiger partial charge is 0.335 e. The van der Waals surface area contributed by atoms with Crippen LogP contribution in [0.2, 0.25) is 0 Å². The highest BCUT2D eigenvalue weighted by Crippen LogP contribution is 2.25. The Morgan fingerprint density at radius 3 is 2.69 bits per heavy atom. The number of amides is 1. The van der Waals surface area contributed by atoms with Crippen molar-refractivity contribution in [2.24, 2.45) is 0 Å². The SMILES string of the molecule is CC(c1cccc([N+](=O)[O-])c1)N(C)C(=O)/C=C/c1csc(-c2ccc(F)cc2)n1. The van der Waals surface area contributed by atoms with Crippen molar-refractivity contribution in [3.05, 3.63) is 87.2 Å². The normalized spacial score (nSPS) is 12.1. The standard InChI is InChI=1S/C21H18FN3O3S/c1-14(16-4-3-5-19(12-16)25(27)28)24(2)20(26)11-10-18-13-29-21(23-18)15-6-8-17(22)9-7-15/h3-14H,1-2H3/b11-10+. The Labute approximate surface area is 171 Å². The van der Waals surface area contributed by atoms with Crippen LogP contribution >= 0.6 is 11.3 Å². The van der Waals surface area contributed by atoms with Crippen LogP contribution < -0.4 is 0 Å². The molecular formula is C21H18FN3O3S. The van der Waals surface area contributed by atoms with Crippen LogP contribution in [-0.4, -0.2) is 27.8 Å². The molecule has 0 aliphatic carbocycles. The molecule has 8 heteroatoms. The molecule has 148 valence electrons. The van der Waals surface area contributed by atoms with Gasteiger partial charge < -0.3 is 4.90 Å². The van der Waals surface area contributed by atoms with Crippen LogP contribution in [0, 0.1) is 15.9 Å². The molecule has 0 fully saturated rings. The predicted octanol–water partition coefficient (Wildman–Crippen LogP) is 5.09. The van der Waals surface area contributed by atoms with E-state index in [1.165, 1.54) is 46.6 Å². The first-order valence-corrected chi connectivity index (χ1v) is 9.64. The number of aromatic nitrogens is 1. The molecule has 3 rings (SSSR count). The molecule has 3 aromatic rings. The zero-order valence-corrected chi connectivity index (χ0v) is 16.6. The topological polar surface area (TPSA) is 76.3 Å². The van der Waals surface area contributed by atoms with Gasteiger partial charge in [-0.2, -0.15) is 0 Å². The maximum Gasteiger partial charge on any atom is 0.269 e. The van der Waals surface area contributed by atoms with Crippen LogP contribution in [0.3, 0.4) is 0 Å². The summed E-state index contributed by atoms with van der Waals surface area (Å²) in [5.74, 6) is -0.558. The number of non-ortho nitro benzene ring substituents is 1. The van der Waals surface area contributed by atoms with Crippen LogP contribution in [0.1, 0.15) is 24.2 Å². The van der Waals surface area contributed by atoms with Gasteiger partial charge in [-0.1, -0.05) is 12.1 Å². The molecule has 0 saturated carbocycles. The van der Waals surface area contributed by atoms with Crippen LogP contribution in [0.5, 0.6) is 0 Å². The summed E-state index contributed by atoms with van der Waals surface area (Å²) in [6.07, 6.45) is 3.03. The lowest BCUT2D eigenvalue weighted by atomic mass is 10.1. The van der Waals surface area contributed by atoms with E-state index in [-0.39, 0.29) is 23.5 Å². The fourth-order valence-corrected chi connectivity index (χ4v) is 3.47. The number of carbonyl (C=O) groups excluding carboxylic acids is 1. The highest BCUT2D eigenvalue weighted by molar-refractivity contribution is 7.13. The van der Waals surface area contributed by atoms with Crippen molar-refractivity contribution in [1.29, 1.82) is 0 Å². The number of likely N-dealkylation sites (N-methyl/N-ethyl adjacent to an activating group) is 1. The van der Waals surface area contributed by atoms with E-state index in [1.807, 2.05) is 5.38 Å². The van der Waals surface area contributed by atoms with E-state index in [0.717, 1.165) is 10.6 Å². The molecule has 0 bridgehead atoms. The van der Waals surface area contributed by atoms with Gasteiger partial charge in [-0.15, -0.1) is 11.3 Å². The lowest BCUT2D eigenvalue weighted by molar-refractivity contribution is -0.384. The number of rotatable bonds is 6. The molecule has 0 aliphatic rings. The molecule has 0 N–H and O–H groups in total. The van der Waals surface area contributed by atoms with E-state index in [9.17, 15) is 19.3 Å². The van der Waals surface area contributed by atoms with Gasteiger partial charge in [-0.25, -0.2) is 9.37 Å². The first-order valence-electron chi connectivity index (χ1n) is 8.76. The molecule has 0 aliphatic heterocycles. The van der Waals surface area contributed by atoms with Gasteiger partial charge in [-0.05, 0) is 42.8 Å². The highest BCUT2D eigenvalue weighted by Gasteiger charge is 2.18. The molecule has 0 saturated heterocycles. The number of benzene rings is 2. The number of nitrogens with zero attached hydrogens (tertiary/aromatic N) is 3. The Bertz CT molecular complexity index is 1060. The molecular weight excluding hydrogens is 393 g/mol. The summed E-state index contributed by atoms with van der Waals surface area (Å²) in [7, 11) is 1.64. The van der Waals surface area contributed by atoms with Crippen molar-refractivity contribution < 1.29 is 14.1 Å². The Balaban J connectivity index is 1.69. The van der Waals surface area contributed by atoms with Gasteiger partial charge in [0.05, 0.1) is 16.7 Å². The molecule has 29 heavy (non-hydrogen) atoms. The fourth-order valence-electron chi connectivity index (χ4n) is 2.67. The number of hydrogen-bond acceptors (Lipinski definition) is 5. The number of halogens is 1. The summed E-state index contributed by atoms with van der Waals surface area (Å²) in [5, 5.41) is 13.5. The lowest BCUT2D eigenvalue weighted by Gasteiger charge is -2.24. The maximum atomic E-state index is 13.0. The van der Waals surface area contributed by atoms with Crippen LogP contribution in [-0.2, 0) is 4.79 Å². The average molecular weight is 411 g/mol. The van der Waals surface area contributed by atoms with E-state index in [4.69, 9.17) is 0 Å². The van der Waals surface area contributed by atoms with Gasteiger partial charge >= 0.3 is 0 Å². The van der Waals surface area contributed by atoms with Gasteiger partial charge in [-0.3, -0.25) is 14.9 Å². The Kier molecular flexibility index (Phi) is 6.13. The molecule has 1 aromatic heterocycles. The highest BCUT2D eigenvalue weighted by atomic mass is 32.1. The molecule has 1 heterocycles. The third-order valence-corrected chi connectivity index (χ3v) is 5.41. The number of thiazole rings is 1. The maximum absolute atomic E-state index is 13.0. The summed E-state index contributed by atoms with van der Waals surface area (Å²) in [6.45, 7) is 1.81. The monoisotopic (exact) mass is 411 g/mol. The van der Waals surface area contributed by atoms with Gasteiger partial charge in [0.25, 0.3) is 5.69 Å². The summed E-state index contributed by atoms with van der Waals surface area (Å²) in [5.41, 5.74) is 2.09. The van der Waals surface area contributed by atoms with Crippen LogP contribution in [0.4, 0.5) is 10.1 Å². The van der Waals surface area contributed by atoms with E-state index in [2.05, 4.69) is 4.98 Å². The second-order valence-corrected chi connectivity index (χ2v) is 7.25.